The van der Waals surface area contributed by atoms with Gasteiger partial charge in [-0.1, -0.05) is 110 Å². The summed E-state index contributed by atoms with van der Waals surface area (Å²) in [5.74, 6) is -0.652. The molecule has 0 amide bonds. The maximum atomic E-state index is 10.4. The predicted octanol–water partition coefficient (Wildman–Crippen LogP) is 4.23. The molecule has 0 aliphatic rings. The maximum Gasteiger partial charge on any atom is 1.00 e. The minimum atomic E-state index is -0.652. The Morgan fingerprint density at radius 2 is 0.870 bits per heavy atom. The van der Waals surface area contributed by atoms with Crippen molar-refractivity contribution in [3.63, 3.8) is 0 Å². The van der Waals surface area contributed by atoms with Crippen molar-refractivity contribution >= 4 is 5.97 Å². The molecule has 0 bridgehead atoms. The second-order valence-corrected chi connectivity index (χ2v) is 6.80. The van der Waals surface area contributed by atoms with Crippen LogP contribution >= 0.6 is 0 Å². The normalized spacial score (nSPS) is 10.5. The molecule has 0 saturated heterocycles. The third-order valence-electron chi connectivity index (χ3n) is 4.49. The van der Waals surface area contributed by atoms with Crippen molar-refractivity contribution in [2.24, 2.45) is 0 Å². The second-order valence-electron chi connectivity index (χ2n) is 6.80. The molecule has 1 N–H and O–H groups in total. The van der Waals surface area contributed by atoms with Gasteiger partial charge in [-0.25, -0.2) is 0 Å². The zero-order valence-corrected chi connectivity index (χ0v) is 18.1. The first kappa shape index (κ1) is 25.7. The topological polar surface area (TPSA) is 37.3 Å². The Hall–Kier alpha value is 0.470. The quantitative estimate of drug-likeness (QED) is 0.300. The summed E-state index contributed by atoms with van der Waals surface area (Å²) >= 11 is 0. The number of carboxylic acid groups (broad SMARTS) is 1. The zero-order valence-electron chi connectivity index (χ0n) is 17.1. The zero-order chi connectivity index (χ0) is 16.3. The molecule has 0 aliphatic carbocycles. The van der Waals surface area contributed by atoms with Gasteiger partial charge >= 0.3 is 35.5 Å². The predicted molar refractivity (Wildman–Crippen MR) is 97.5 cm³/mol. The first-order valence-corrected chi connectivity index (χ1v) is 9.99. The van der Waals surface area contributed by atoms with E-state index in [-0.39, 0.29) is 31.0 Å². The molecule has 3 heteroatoms. The standard InChI is InChI=1S/C20H40O2.Na.H/c1-2-3-4-5-6-7-8-9-10-11-12-13-14-15-16-17-18-19-20(21)22;;/h2-19H2,1H3,(H,21,22);;/q;+1;-1. The van der Waals surface area contributed by atoms with E-state index in [4.69, 9.17) is 5.11 Å². The summed E-state index contributed by atoms with van der Waals surface area (Å²) in [7, 11) is 0. The van der Waals surface area contributed by atoms with E-state index >= 15 is 0 Å². The molecule has 23 heavy (non-hydrogen) atoms. The molecular formula is C20H41NaO2. The van der Waals surface area contributed by atoms with E-state index < -0.39 is 5.97 Å². The van der Waals surface area contributed by atoms with Crippen LogP contribution in [0.3, 0.4) is 0 Å². The number of unbranched alkanes of at least 4 members (excludes halogenated alkanes) is 16. The third kappa shape index (κ3) is 24.8. The van der Waals surface area contributed by atoms with Crippen LogP contribution in [-0.4, -0.2) is 11.1 Å². The smallest absolute Gasteiger partial charge is 1.00 e. The Kier molecular flexibility index (Phi) is 25.1. The van der Waals surface area contributed by atoms with Crippen molar-refractivity contribution in [1.29, 1.82) is 0 Å². The van der Waals surface area contributed by atoms with Crippen LogP contribution in [0.1, 0.15) is 124 Å². The SMILES string of the molecule is CCCCCCCCCCCCCCCCCCCC(=O)O.[H-].[Na+]. The van der Waals surface area contributed by atoms with E-state index in [2.05, 4.69) is 6.92 Å². The Balaban J connectivity index is -0.00000220. The van der Waals surface area contributed by atoms with Crippen molar-refractivity contribution < 1.29 is 40.9 Å². The number of aliphatic carboxylic acids is 1. The van der Waals surface area contributed by atoms with Crippen molar-refractivity contribution in [3.8, 4) is 0 Å². The first-order chi connectivity index (χ1) is 10.8. The molecule has 0 atom stereocenters. The first-order valence-electron chi connectivity index (χ1n) is 9.99. The maximum absolute atomic E-state index is 10.4. The fourth-order valence-corrected chi connectivity index (χ4v) is 3.00. The molecule has 0 aromatic carbocycles. The van der Waals surface area contributed by atoms with Gasteiger partial charge in [0.15, 0.2) is 0 Å². The monoisotopic (exact) mass is 336 g/mol. The summed E-state index contributed by atoms with van der Waals surface area (Å²) in [5, 5.41) is 8.54. The van der Waals surface area contributed by atoms with Crippen molar-refractivity contribution in [2.45, 2.75) is 122 Å². The molecule has 0 radical (unpaired) electrons. The van der Waals surface area contributed by atoms with Gasteiger partial charge in [-0.15, -0.1) is 0 Å². The van der Waals surface area contributed by atoms with E-state index in [1.807, 2.05) is 0 Å². The minimum absolute atomic E-state index is 0. The number of carbonyl (C=O) groups is 1. The molecule has 0 saturated carbocycles. The van der Waals surface area contributed by atoms with Gasteiger partial charge in [0, 0.05) is 6.42 Å². The van der Waals surface area contributed by atoms with Crippen LogP contribution in [0, 0.1) is 0 Å². The number of hydrogen-bond acceptors (Lipinski definition) is 1. The summed E-state index contributed by atoms with van der Waals surface area (Å²) in [5.41, 5.74) is 0. The third-order valence-corrected chi connectivity index (χ3v) is 4.49. The summed E-state index contributed by atoms with van der Waals surface area (Å²) in [6.07, 6.45) is 23.1. The van der Waals surface area contributed by atoms with Crippen LogP contribution in [0.5, 0.6) is 0 Å². The van der Waals surface area contributed by atoms with Gasteiger partial charge in [0.25, 0.3) is 0 Å². The molecule has 0 aromatic rings. The largest absolute Gasteiger partial charge is 1.00 e. The van der Waals surface area contributed by atoms with E-state index in [9.17, 15) is 4.79 Å². The van der Waals surface area contributed by atoms with Gasteiger partial charge in [0.1, 0.15) is 0 Å². The van der Waals surface area contributed by atoms with Crippen molar-refractivity contribution in [1.82, 2.24) is 0 Å². The Morgan fingerprint density at radius 3 is 1.13 bits per heavy atom. The van der Waals surface area contributed by atoms with Crippen LogP contribution < -0.4 is 29.6 Å². The average Bonchev–Trinajstić information content (AvgIpc) is 2.50. The van der Waals surface area contributed by atoms with E-state index in [1.165, 1.54) is 96.3 Å². The fourth-order valence-electron chi connectivity index (χ4n) is 3.00. The fraction of sp³-hybridized carbons (Fsp3) is 0.950. The van der Waals surface area contributed by atoms with Gasteiger partial charge in [0.2, 0.25) is 0 Å². The molecular weight excluding hydrogens is 295 g/mol. The van der Waals surface area contributed by atoms with E-state index in [0.29, 0.717) is 6.42 Å². The molecule has 0 heterocycles. The molecule has 0 rings (SSSR count). The van der Waals surface area contributed by atoms with E-state index in [0.717, 1.165) is 12.8 Å². The molecule has 2 nitrogen and oxygen atoms in total. The molecule has 0 fully saturated rings. The number of hydrogen-bond donors (Lipinski definition) is 1. The van der Waals surface area contributed by atoms with E-state index in [1.54, 1.807) is 0 Å². The van der Waals surface area contributed by atoms with Crippen LogP contribution in [-0.2, 0) is 4.79 Å². The molecule has 134 valence electrons. The number of rotatable bonds is 18. The Bertz CT molecular complexity index is 238. The van der Waals surface area contributed by atoms with Crippen molar-refractivity contribution in [3.05, 3.63) is 0 Å². The Morgan fingerprint density at radius 1 is 0.609 bits per heavy atom. The summed E-state index contributed by atoms with van der Waals surface area (Å²) in [6.45, 7) is 2.28. The van der Waals surface area contributed by atoms with Gasteiger partial charge in [-0.05, 0) is 6.42 Å². The van der Waals surface area contributed by atoms with Crippen LogP contribution in [0.15, 0.2) is 0 Å². The average molecular weight is 337 g/mol. The molecule has 0 aliphatic heterocycles. The van der Waals surface area contributed by atoms with Crippen LogP contribution in [0.25, 0.3) is 0 Å². The van der Waals surface area contributed by atoms with Gasteiger partial charge in [-0.2, -0.15) is 0 Å². The van der Waals surface area contributed by atoms with Crippen molar-refractivity contribution in [2.75, 3.05) is 0 Å². The molecule has 0 spiro atoms. The Labute approximate surface area is 169 Å². The molecule has 0 unspecified atom stereocenters. The summed E-state index contributed by atoms with van der Waals surface area (Å²) in [6, 6.07) is 0. The summed E-state index contributed by atoms with van der Waals surface area (Å²) < 4.78 is 0. The van der Waals surface area contributed by atoms with Gasteiger partial charge in [-0.3, -0.25) is 4.79 Å². The van der Waals surface area contributed by atoms with Gasteiger partial charge < -0.3 is 6.53 Å². The number of carboxylic acids is 1. The van der Waals surface area contributed by atoms with Gasteiger partial charge in [0.05, 0.1) is 0 Å². The van der Waals surface area contributed by atoms with Crippen LogP contribution in [0.2, 0.25) is 0 Å². The summed E-state index contributed by atoms with van der Waals surface area (Å²) in [4.78, 5) is 10.4. The molecule has 0 aromatic heterocycles. The van der Waals surface area contributed by atoms with Crippen LogP contribution in [0.4, 0.5) is 0 Å². The minimum Gasteiger partial charge on any atom is -1.00 e. The second kappa shape index (κ2) is 22.5.